The molecule has 3 aliphatic rings. The maximum Gasteiger partial charge on any atom is 0.407 e. The number of nitrogens with one attached hydrogen (secondary N) is 1. The Bertz CT molecular complexity index is 2230. The number of rotatable bonds is 8. The van der Waals surface area contributed by atoms with Crippen LogP contribution in [0.2, 0.25) is 18.1 Å². The lowest BCUT2D eigenvalue weighted by Gasteiger charge is -2.36. The molecule has 2 aromatic carbocycles. The van der Waals surface area contributed by atoms with Crippen LogP contribution in [0.5, 0.6) is 5.75 Å². The van der Waals surface area contributed by atoms with Crippen LogP contribution in [-0.2, 0) is 14.9 Å². The van der Waals surface area contributed by atoms with E-state index in [9.17, 15) is 4.79 Å². The van der Waals surface area contributed by atoms with Crippen LogP contribution in [0.3, 0.4) is 0 Å². The quantitative estimate of drug-likeness (QED) is 0.154. The van der Waals surface area contributed by atoms with Crippen molar-refractivity contribution >= 4 is 53.5 Å². The second-order valence-electron chi connectivity index (χ2n) is 18.2. The van der Waals surface area contributed by atoms with Crippen LogP contribution in [0, 0.1) is 18.8 Å². The van der Waals surface area contributed by atoms with Gasteiger partial charge in [0.2, 0.25) is 0 Å². The lowest BCUT2D eigenvalue weighted by molar-refractivity contribution is -0.0368. The van der Waals surface area contributed by atoms with E-state index in [0.29, 0.717) is 25.0 Å². The van der Waals surface area contributed by atoms with E-state index in [0.717, 1.165) is 94.2 Å². The number of fused-ring (bicyclic) bond motifs is 3. The molecule has 4 unspecified atom stereocenters. The lowest BCUT2D eigenvalue weighted by Crippen LogP contribution is -2.43. The van der Waals surface area contributed by atoms with E-state index < -0.39 is 20.0 Å². The van der Waals surface area contributed by atoms with Crippen LogP contribution in [0.1, 0.15) is 84.2 Å². The first kappa shape index (κ1) is 37.8. The second-order valence-corrected chi connectivity index (χ2v) is 23.8. The largest absolute Gasteiger partial charge is 0.543 e. The molecule has 0 radical (unpaired) electrons. The fourth-order valence-corrected chi connectivity index (χ4v) is 10.4. The highest BCUT2D eigenvalue weighted by atomic mass is 32.1. The number of ether oxygens (including phenoxy) is 2. The fourth-order valence-electron chi connectivity index (χ4n) is 8.29. The first-order chi connectivity index (χ1) is 26.1. The highest BCUT2D eigenvalue weighted by molar-refractivity contribution is 7.09. The van der Waals surface area contributed by atoms with Crippen molar-refractivity contribution < 1.29 is 18.7 Å². The summed E-state index contributed by atoms with van der Waals surface area (Å²) in [7, 11) is -2.08. The summed E-state index contributed by atoms with van der Waals surface area (Å²) in [6, 6.07) is 12.7. The van der Waals surface area contributed by atoms with Gasteiger partial charge < -0.3 is 24.1 Å². The van der Waals surface area contributed by atoms with Crippen molar-refractivity contribution in [2.75, 3.05) is 31.1 Å². The van der Waals surface area contributed by atoms with Crippen molar-refractivity contribution in [2.24, 2.45) is 11.8 Å². The number of hydrogen-bond donors (Lipinski definition) is 1. The van der Waals surface area contributed by atoms with Gasteiger partial charge in [-0.15, -0.1) is 11.3 Å². The number of amides is 1. The van der Waals surface area contributed by atoms with Gasteiger partial charge in [-0.3, -0.25) is 0 Å². The van der Waals surface area contributed by atoms with Gasteiger partial charge in [0.15, 0.2) is 11.9 Å². The summed E-state index contributed by atoms with van der Waals surface area (Å²) < 4.78 is 20.8. The minimum atomic E-state index is -2.08. The minimum Gasteiger partial charge on any atom is -0.543 e. The predicted molar refractivity (Wildman–Crippen MR) is 222 cm³/mol. The number of carbonyl (C=O) groups excluding carboxylic acids is 1. The number of alkyl carbamates (subject to hydrolysis) is 1. The number of aryl methyl sites for hydroxylation is 1. The topological polar surface area (TPSA) is 117 Å². The van der Waals surface area contributed by atoms with Gasteiger partial charge >= 0.3 is 6.09 Å². The Balaban J connectivity index is 1.14. The van der Waals surface area contributed by atoms with Gasteiger partial charge in [0.25, 0.3) is 8.32 Å². The van der Waals surface area contributed by atoms with Crippen LogP contribution in [0.15, 0.2) is 48.0 Å². The Morgan fingerprint density at radius 2 is 1.82 bits per heavy atom. The monoisotopic (exact) mass is 781 g/mol. The SMILES string of the molecule is Cc1csc(C2(CNC(=O)OC(C)(C)C)C3CCN(c4cnc5c(-c6ccc(O[Si](C)(C)C(C)(C)C)c7ccccc67)nn(C6CCCCO6)c5n4)CC32)n1. The summed E-state index contributed by atoms with van der Waals surface area (Å²) in [4.78, 5) is 30.6. The molecule has 2 aliphatic heterocycles. The molecule has 5 heterocycles. The lowest BCUT2D eigenvalue weighted by atomic mass is 10.0. The smallest absolute Gasteiger partial charge is 0.407 e. The average molecular weight is 782 g/mol. The molecule has 8 rings (SSSR count). The van der Waals surface area contributed by atoms with Gasteiger partial charge in [-0.2, -0.15) is 5.10 Å². The highest BCUT2D eigenvalue weighted by Crippen LogP contribution is 2.64. The van der Waals surface area contributed by atoms with E-state index >= 15 is 0 Å². The Labute approximate surface area is 329 Å². The van der Waals surface area contributed by atoms with Crippen LogP contribution in [0.25, 0.3) is 33.2 Å². The standard InChI is InChI=1S/C42H55N7O4SSi/c1-26-24-54-38(45-26)42(25-44-39(50)52-40(2,3)4)30-19-20-48(23-31(30)42)33-22-43-36-35(47-49(37(36)46-33)34-16-12-13-21-51-34)29-17-18-32(28-15-11-10-14-27(28)29)53-55(8,9)41(5,6)7/h10-11,14-15,17-18,22,24,30-31,34H,12-13,16,19-21,23,25H2,1-9H3,(H,44,50). The zero-order valence-electron chi connectivity index (χ0n) is 33.7. The molecule has 1 amide bonds. The molecule has 2 saturated heterocycles. The maximum atomic E-state index is 12.8. The highest BCUT2D eigenvalue weighted by Gasteiger charge is 2.68. The van der Waals surface area contributed by atoms with E-state index in [2.05, 4.69) is 85.9 Å². The molecule has 1 aliphatic carbocycles. The van der Waals surface area contributed by atoms with Gasteiger partial charge in [0.1, 0.15) is 33.4 Å². The molecule has 0 spiro atoms. The summed E-state index contributed by atoms with van der Waals surface area (Å²) in [5.74, 6) is 2.45. The third kappa shape index (κ3) is 7.01. The number of piperidine rings is 1. The fraction of sp³-hybridized carbons (Fsp3) is 0.548. The number of nitrogens with zero attached hydrogens (tertiary/aromatic N) is 6. The predicted octanol–water partition coefficient (Wildman–Crippen LogP) is 9.41. The van der Waals surface area contributed by atoms with Gasteiger partial charge in [-0.25, -0.2) is 24.4 Å². The van der Waals surface area contributed by atoms with Crippen molar-refractivity contribution in [1.29, 1.82) is 0 Å². The van der Waals surface area contributed by atoms with E-state index in [1.165, 1.54) is 0 Å². The molecular weight excluding hydrogens is 727 g/mol. The summed E-state index contributed by atoms with van der Waals surface area (Å²) in [6.07, 6.45) is 5.25. The Kier molecular flexibility index (Phi) is 9.52. The normalized spacial score (nSPS) is 23.1. The van der Waals surface area contributed by atoms with Crippen LogP contribution in [-0.4, -0.2) is 71.0 Å². The Morgan fingerprint density at radius 1 is 1.04 bits per heavy atom. The average Bonchev–Trinajstić information content (AvgIpc) is 3.35. The molecule has 3 aromatic heterocycles. The van der Waals surface area contributed by atoms with E-state index in [1.54, 1.807) is 11.3 Å². The first-order valence-electron chi connectivity index (χ1n) is 19.8. The number of anilines is 1. The third-order valence-electron chi connectivity index (χ3n) is 12.2. The van der Waals surface area contributed by atoms with Gasteiger partial charge in [-0.05, 0) is 101 Å². The summed E-state index contributed by atoms with van der Waals surface area (Å²) in [6.45, 7) is 21.9. The molecule has 55 heavy (non-hydrogen) atoms. The van der Waals surface area contributed by atoms with E-state index in [1.807, 2.05) is 38.6 Å². The van der Waals surface area contributed by atoms with Gasteiger partial charge in [0.05, 0.1) is 6.20 Å². The molecule has 1 saturated carbocycles. The molecule has 11 nitrogen and oxygen atoms in total. The van der Waals surface area contributed by atoms with E-state index in [-0.39, 0.29) is 16.7 Å². The van der Waals surface area contributed by atoms with Crippen molar-refractivity contribution in [3.8, 4) is 17.0 Å². The summed E-state index contributed by atoms with van der Waals surface area (Å²) in [5.41, 5.74) is 3.49. The molecule has 3 fully saturated rings. The van der Waals surface area contributed by atoms with Crippen molar-refractivity contribution in [3.63, 3.8) is 0 Å². The number of benzene rings is 2. The Morgan fingerprint density at radius 3 is 2.51 bits per heavy atom. The summed E-state index contributed by atoms with van der Waals surface area (Å²) >= 11 is 1.69. The zero-order chi connectivity index (χ0) is 38.9. The second kappa shape index (κ2) is 13.8. The van der Waals surface area contributed by atoms with Gasteiger partial charge in [0, 0.05) is 53.7 Å². The van der Waals surface area contributed by atoms with E-state index in [4.69, 9.17) is 34.0 Å². The Hall–Kier alpha value is -4.07. The minimum absolute atomic E-state index is 0.0716. The van der Waals surface area contributed by atoms with Crippen LogP contribution in [0.4, 0.5) is 10.6 Å². The number of aromatic nitrogens is 5. The number of hydrogen-bond acceptors (Lipinski definition) is 10. The van der Waals surface area contributed by atoms with Crippen LogP contribution >= 0.6 is 11.3 Å². The molecule has 5 aromatic rings. The summed E-state index contributed by atoms with van der Waals surface area (Å²) in [5, 5.41) is 13.8. The third-order valence-corrected chi connectivity index (χ3v) is 17.7. The molecule has 4 atom stereocenters. The van der Waals surface area contributed by atoms with Gasteiger partial charge in [-0.1, -0.05) is 45.0 Å². The molecule has 13 heteroatoms. The van der Waals surface area contributed by atoms with Crippen LogP contribution < -0.4 is 14.6 Å². The molecule has 292 valence electrons. The first-order valence-corrected chi connectivity index (χ1v) is 23.6. The number of carbonyl (C=O) groups is 1. The number of thiazole rings is 1. The molecular formula is C42H55N7O4SSi. The van der Waals surface area contributed by atoms with Crippen molar-refractivity contribution in [1.82, 2.24) is 30.0 Å². The van der Waals surface area contributed by atoms with Crippen molar-refractivity contribution in [3.05, 3.63) is 58.7 Å². The molecule has 0 bridgehead atoms. The molecule has 1 N–H and O–H groups in total. The zero-order valence-corrected chi connectivity index (χ0v) is 35.5. The van der Waals surface area contributed by atoms with Crippen molar-refractivity contribution in [2.45, 2.75) is 110 Å². The maximum absolute atomic E-state index is 12.8.